The van der Waals surface area contributed by atoms with Gasteiger partial charge in [0.25, 0.3) is 0 Å². The number of ether oxygens (including phenoxy) is 3. The number of fused-ring (bicyclic) bond motifs is 1. The fraction of sp³-hybridized carbons (Fsp3) is 0.316. The van der Waals surface area contributed by atoms with Crippen molar-refractivity contribution in [1.82, 2.24) is 4.90 Å². The third-order valence-corrected chi connectivity index (χ3v) is 4.36. The summed E-state index contributed by atoms with van der Waals surface area (Å²) in [6, 6.07) is 15.4. The van der Waals surface area contributed by atoms with E-state index in [2.05, 4.69) is 17.1 Å². The van der Waals surface area contributed by atoms with Gasteiger partial charge in [0.15, 0.2) is 22.7 Å². The van der Waals surface area contributed by atoms with Crippen LogP contribution in [0.1, 0.15) is 6.92 Å². The topological polar surface area (TPSA) is 43.0 Å². The summed E-state index contributed by atoms with van der Waals surface area (Å²) in [6.07, 6.45) is -0.0644. The van der Waals surface area contributed by atoms with Crippen molar-refractivity contribution in [3.63, 3.8) is 0 Å². The summed E-state index contributed by atoms with van der Waals surface area (Å²) in [7, 11) is 1.65. The molecule has 132 valence electrons. The molecular formula is C19H22N2O3S. The summed E-state index contributed by atoms with van der Waals surface area (Å²) < 4.78 is 17.0. The predicted octanol–water partition coefficient (Wildman–Crippen LogP) is 3.55. The SMILES string of the molecule is CCN(C[C@H]1COc2ccccc2O1)C(=S)Nc1ccc(OC)cc1. The van der Waals surface area contributed by atoms with Crippen LogP contribution in [0.4, 0.5) is 5.69 Å². The first-order valence-electron chi connectivity index (χ1n) is 8.28. The third kappa shape index (κ3) is 4.33. The molecule has 1 N–H and O–H groups in total. The molecule has 0 unspecified atom stereocenters. The van der Waals surface area contributed by atoms with Crippen molar-refractivity contribution in [2.75, 3.05) is 32.1 Å². The Morgan fingerprint density at radius 1 is 1.20 bits per heavy atom. The number of thiocarbonyl (C=S) groups is 1. The van der Waals surface area contributed by atoms with Crippen LogP contribution in [-0.2, 0) is 0 Å². The summed E-state index contributed by atoms with van der Waals surface area (Å²) >= 11 is 5.55. The number of rotatable bonds is 5. The summed E-state index contributed by atoms with van der Waals surface area (Å²) in [5.74, 6) is 2.39. The van der Waals surface area contributed by atoms with Gasteiger partial charge in [-0.1, -0.05) is 12.1 Å². The van der Waals surface area contributed by atoms with E-state index in [0.717, 1.165) is 29.5 Å². The summed E-state index contributed by atoms with van der Waals surface area (Å²) in [5.41, 5.74) is 0.926. The van der Waals surface area contributed by atoms with Crippen LogP contribution in [0.25, 0.3) is 0 Å². The monoisotopic (exact) mass is 358 g/mol. The fourth-order valence-corrected chi connectivity index (χ4v) is 2.95. The summed E-state index contributed by atoms with van der Waals surface area (Å²) in [6.45, 7) is 4.02. The van der Waals surface area contributed by atoms with E-state index >= 15 is 0 Å². The van der Waals surface area contributed by atoms with E-state index in [-0.39, 0.29) is 6.10 Å². The van der Waals surface area contributed by atoms with Crippen LogP contribution in [0.3, 0.4) is 0 Å². The minimum atomic E-state index is -0.0644. The molecular weight excluding hydrogens is 336 g/mol. The number of anilines is 1. The van der Waals surface area contributed by atoms with Crippen molar-refractivity contribution in [2.24, 2.45) is 0 Å². The lowest BCUT2D eigenvalue weighted by molar-refractivity contribution is 0.0754. The molecule has 5 nitrogen and oxygen atoms in total. The minimum absolute atomic E-state index is 0.0644. The van der Waals surface area contributed by atoms with Gasteiger partial charge < -0.3 is 24.4 Å². The highest BCUT2D eigenvalue weighted by Crippen LogP contribution is 2.31. The van der Waals surface area contributed by atoms with Gasteiger partial charge in [0.1, 0.15) is 12.4 Å². The van der Waals surface area contributed by atoms with Crippen LogP contribution in [-0.4, -0.2) is 42.9 Å². The van der Waals surface area contributed by atoms with Crippen molar-refractivity contribution >= 4 is 23.0 Å². The Bertz CT molecular complexity index is 721. The number of para-hydroxylation sites is 2. The predicted molar refractivity (Wildman–Crippen MR) is 103 cm³/mol. The second-order valence-electron chi connectivity index (χ2n) is 5.69. The van der Waals surface area contributed by atoms with Gasteiger partial charge in [0, 0.05) is 12.2 Å². The Balaban J connectivity index is 1.59. The molecule has 1 heterocycles. The standard InChI is InChI=1S/C19H22N2O3S/c1-3-21(19(25)20-14-8-10-15(22-2)11-9-14)12-16-13-23-17-6-4-5-7-18(17)24-16/h4-11,16H,3,12-13H2,1-2H3,(H,20,25)/t16-/m0/s1. The van der Waals surface area contributed by atoms with Gasteiger partial charge in [0.05, 0.1) is 13.7 Å². The minimum Gasteiger partial charge on any atom is -0.497 e. The molecule has 6 heteroatoms. The summed E-state index contributed by atoms with van der Waals surface area (Å²) in [4.78, 5) is 2.07. The second-order valence-corrected chi connectivity index (χ2v) is 6.08. The smallest absolute Gasteiger partial charge is 0.173 e. The molecule has 0 fully saturated rings. The van der Waals surface area contributed by atoms with Crippen molar-refractivity contribution in [2.45, 2.75) is 13.0 Å². The number of hydrogen-bond donors (Lipinski definition) is 1. The highest BCUT2D eigenvalue weighted by atomic mass is 32.1. The zero-order valence-electron chi connectivity index (χ0n) is 14.4. The molecule has 0 radical (unpaired) electrons. The van der Waals surface area contributed by atoms with Crippen LogP contribution < -0.4 is 19.5 Å². The first-order chi connectivity index (χ1) is 12.2. The molecule has 1 aliphatic rings. The fourth-order valence-electron chi connectivity index (χ4n) is 2.63. The normalized spacial score (nSPS) is 15.4. The number of hydrogen-bond acceptors (Lipinski definition) is 4. The highest BCUT2D eigenvalue weighted by molar-refractivity contribution is 7.80. The molecule has 25 heavy (non-hydrogen) atoms. The maximum atomic E-state index is 6.02. The average molecular weight is 358 g/mol. The number of nitrogens with one attached hydrogen (secondary N) is 1. The molecule has 2 aromatic rings. The number of benzene rings is 2. The highest BCUT2D eigenvalue weighted by Gasteiger charge is 2.23. The molecule has 0 bridgehead atoms. The van der Waals surface area contributed by atoms with Gasteiger partial charge in [-0.25, -0.2) is 0 Å². The van der Waals surface area contributed by atoms with Crippen LogP contribution in [0.2, 0.25) is 0 Å². The molecule has 3 rings (SSSR count). The Morgan fingerprint density at radius 3 is 2.60 bits per heavy atom. The average Bonchev–Trinajstić information content (AvgIpc) is 2.66. The molecule has 0 spiro atoms. The lowest BCUT2D eigenvalue weighted by Gasteiger charge is -2.32. The van der Waals surface area contributed by atoms with Crippen LogP contribution in [0.15, 0.2) is 48.5 Å². The largest absolute Gasteiger partial charge is 0.497 e. The van der Waals surface area contributed by atoms with E-state index in [0.29, 0.717) is 18.3 Å². The Kier molecular flexibility index (Phi) is 5.60. The number of methoxy groups -OCH3 is 1. The van der Waals surface area contributed by atoms with Gasteiger partial charge in [-0.2, -0.15) is 0 Å². The zero-order valence-corrected chi connectivity index (χ0v) is 15.2. The van der Waals surface area contributed by atoms with Crippen LogP contribution >= 0.6 is 12.2 Å². The van der Waals surface area contributed by atoms with E-state index in [4.69, 9.17) is 26.4 Å². The van der Waals surface area contributed by atoms with Crippen molar-refractivity contribution in [1.29, 1.82) is 0 Å². The zero-order chi connectivity index (χ0) is 17.6. The molecule has 0 amide bonds. The quantitative estimate of drug-likeness (QED) is 0.825. The molecule has 0 saturated heterocycles. The molecule has 1 atom stereocenters. The van der Waals surface area contributed by atoms with E-state index in [1.165, 1.54) is 0 Å². The molecule has 0 aliphatic carbocycles. The lowest BCUT2D eigenvalue weighted by Crippen LogP contribution is -2.45. The first kappa shape index (κ1) is 17.4. The maximum Gasteiger partial charge on any atom is 0.173 e. The van der Waals surface area contributed by atoms with Crippen molar-refractivity contribution < 1.29 is 14.2 Å². The Hall–Kier alpha value is -2.47. The van der Waals surface area contributed by atoms with Crippen LogP contribution in [0, 0.1) is 0 Å². The van der Waals surface area contributed by atoms with E-state index < -0.39 is 0 Å². The van der Waals surface area contributed by atoms with Gasteiger partial charge in [-0.05, 0) is 55.5 Å². The van der Waals surface area contributed by atoms with E-state index in [1.54, 1.807) is 7.11 Å². The molecule has 0 aromatic heterocycles. The Morgan fingerprint density at radius 2 is 1.92 bits per heavy atom. The van der Waals surface area contributed by atoms with Gasteiger partial charge >= 0.3 is 0 Å². The van der Waals surface area contributed by atoms with Crippen LogP contribution in [0.5, 0.6) is 17.2 Å². The van der Waals surface area contributed by atoms with Crippen molar-refractivity contribution in [3.05, 3.63) is 48.5 Å². The van der Waals surface area contributed by atoms with Gasteiger partial charge in [-0.15, -0.1) is 0 Å². The maximum absolute atomic E-state index is 6.02. The first-order valence-corrected chi connectivity index (χ1v) is 8.69. The van der Waals surface area contributed by atoms with Gasteiger partial charge in [-0.3, -0.25) is 0 Å². The third-order valence-electron chi connectivity index (χ3n) is 4.00. The Labute approximate surface area is 153 Å². The molecule has 1 aliphatic heterocycles. The van der Waals surface area contributed by atoms with E-state index in [9.17, 15) is 0 Å². The van der Waals surface area contributed by atoms with E-state index in [1.807, 2.05) is 48.5 Å². The number of likely N-dealkylation sites (N-methyl/N-ethyl adjacent to an activating group) is 1. The van der Waals surface area contributed by atoms with Crippen molar-refractivity contribution in [3.8, 4) is 17.2 Å². The summed E-state index contributed by atoms with van der Waals surface area (Å²) in [5, 5.41) is 3.92. The second kappa shape index (κ2) is 8.07. The number of nitrogens with zero attached hydrogens (tertiary/aromatic N) is 1. The molecule has 2 aromatic carbocycles. The molecule has 0 saturated carbocycles. The van der Waals surface area contributed by atoms with Gasteiger partial charge in [0.2, 0.25) is 0 Å². The lowest BCUT2D eigenvalue weighted by atomic mass is 10.2.